The zero-order valence-electron chi connectivity index (χ0n) is 16.8. The largest absolute Gasteiger partial charge is 0.496 e. The molecule has 0 spiro atoms. The number of hydrogen-bond donors (Lipinski definition) is 0. The maximum absolute atomic E-state index is 13.0. The zero-order valence-corrected chi connectivity index (χ0v) is 16.8. The van der Waals surface area contributed by atoms with Gasteiger partial charge in [-0.1, -0.05) is 12.1 Å². The number of benzene rings is 1. The first-order valence-corrected chi connectivity index (χ1v) is 10.2. The van der Waals surface area contributed by atoms with Crippen molar-refractivity contribution < 1.29 is 14.2 Å². The molecule has 10 heteroatoms. The summed E-state index contributed by atoms with van der Waals surface area (Å²) in [6.07, 6.45) is 2.27. The van der Waals surface area contributed by atoms with Crippen LogP contribution in [0.3, 0.4) is 0 Å². The molecule has 2 aliphatic heterocycles. The first-order chi connectivity index (χ1) is 14.7. The summed E-state index contributed by atoms with van der Waals surface area (Å²) in [5.41, 5.74) is 1.41. The van der Waals surface area contributed by atoms with E-state index in [-0.39, 0.29) is 5.91 Å². The van der Waals surface area contributed by atoms with Crippen molar-refractivity contribution in [2.24, 2.45) is 0 Å². The van der Waals surface area contributed by atoms with Crippen LogP contribution in [0.5, 0.6) is 5.75 Å². The fourth-order valence-electron chi connectivity index (χ4n) is 4.09. The molecule has 0 saturated carbocycles. The highest BCUT2D eigenvalue weighted by Crippen LogP contribution is 2.30. The Kier molecular flexibility index (Phi) is 4.82. The SMILES string of the molecule is COc1ccccc1C(=O)N1CCN(c2nc3nonc3nc2N2CCCC2)CC1. The summed E-state index contributed by atoms with van der Waals surface area (Å²) in [7, 11) is 1.58. The molecule has 0 aliphatic carbocycles. The molecule has 3 aromatic rings. The number of hydrogen-bond acceptors (Lipinski definition) is 9. The van der Waals surface area contributed by atoms with Crippen LogP contribution in [-0.4, -0.2) is 77.5 Å². The van der Waals surface area contributed by atoms with Crippen LogP contribution >= 0.6 is 0 Å². The molecule has 0 atom stereocenters. The number of aromatic nitrogens is 4. The smallest absolute Gasteiger partial charge is 0.257 e. The van der Waals surface area contributed by atoms with E-state index in [1.807, 2.05) is 23.1 Å². The van der Waals surface area contributed by atoms with Crippen molar-refractivity contribution in [3.05, 3.63) is 29.8 Å². The molecule has 1 aromatic carbocycles. The van der Waals surface area contributed by atoms with Crippen LogP contribution in [0.15, 0.2) is 28.9 Å². The summed E-state index contributed by atoms with van der Waals surface area (Å²) in [4.78, 5) is 28.6. The van der Waals surface area contributed by atoms with Crippen LogP contribution in [0.25, 0.3) is 11.3 Å². The van der Waals surface area contributed by atoms with Crippen LogP contribution in [0.4, 0.5) is 11.6 Å². The van der Waals surface area contributed by atoms with Gasteiger partial charge in [0.2, 0.25) is 11.3 Å². The van der Waals surface area contributed by atoms with E-state index in [4.69, 9.17) is 9.37 Å². The highest BCUT2D eigenvalue weighted by Gasteiger charge is 2.29. The molecule has 2 aliphatic rings. The topological polar surface area (TPSA) is 101 Å². The Morgan fingerprint density at radius 1 is 0.900 bits per heavy atom. The minimum atomic E-state index is -0.0193. The first-order valence-electron chi connectivity index (χ1n) is 10.2. The molecule has 0 N–H and O–H groups in total. The van der Waals surface area contributed by atoms with Gasteiger partial charge in [0.25, 0.3) is 5.91 Å². The van der Waals surface area contributed by atoms with Crippen LogP contribution in [0.2, 0.25) is 0 Å². The molecular formula is C20H23N7O3. The lowest BCUT2D eigenvalue weighted by Crippen LogP contribution is -2.49. The maximum Gasteiger partial charge on any atom is 0.257 e. The van der Waals surface area contributed by atoms with Crippen LogP contribution in [0.1, 0.15) is 23.2 Å². The van der Waals surface area contributed by atoms with Crippen molar-refractivity contribution in [1.29, 1.82) is 0 Å². The van der Waals surface area contributed by atoms with E-state index in [9.17, 15) is 4.79 Å². The van der Waals surface area contributed by atoms with Gasteiger partial charge in [0, 0.05) is 39.3 Å². The molecule has 2 fully saturated rings. The number of rotatable bonds is 4. The number of carbonyl (C=O) groups excluding carboxylic acids is 1. The minimum Gasteiger partial charge on any atom is -0.496 e. The summed E-state index contributed by atoms with van der Waals surface area (Å²) in [6, 6.07) is 7.32. The Morgan fingerprint density at radius 2 is 1.50 bits per heavy atom. The van der Waals surface area contributed by atoms with E-state index in [0.29, 0.717) is 48.8 Å². The van der Waals surface area contributed by atoms with Gasteiger partial charge in [-0.3, -0.25) is 4.79 Å². The van der Waals surface area contributed by atoms with Crippen LogP contribution in [-0.2, 0) is 0 Å². The molecule has 1 amide bonds. The third-order valence-electron chi connectivity index (χ3n) is 5.69. The first kappa shape index (κ1) is 18.6. The standard InChI is InChI=1S/C20H23N7O3/c1-29-15-7-3-2-6-14(15)20(28)27-12-10-26(11-13-27)19-18(25-8-4-5-9-25)21-16-17(22-19)24-30-23-16/h2-3,6-7H,4-5,8-13H2,1H3. The van der Waals surface area contributed by atoms with E-state index in [1.165, 1.54) is 0 Å². The molecule has 0 bridgehead atoms. The normalized spacial score (nSPS) is 17.0. The van der Waals surface area contributed by atoms with Gasteiger partial charge in [0.1, 0.15) is 5.75 Å². The Balaban J connectivity index is 1.37. The molecule has 4 heterocycles. The number of amides is 1. The Hall–Kier alpha value is -3.43. The summed E-state index contributed by atoms with van der Waals surface area (Å²) < 4.78 is 10.2. The molecule has 5 rings (SSSR count). The number of anilines is 2. The lowest BCUT2D eigenvalue weighted by atomic mass is 10.1. The summed E-state index contributed by atoms with van der Waals surface area (Å²) >= 11 is 0. The van der Waals surface area contributed by atoms with Gasteiger partial charge in [-0.05, 0) is 35.3 Å². The van der Waals surface area contributed by atoms with Gasteiger partial charge in [-0.15, -0.1) is 0 Å². The average Bonchev–Trinajstić information content (AvgIpc) is 3.49. The Labute approximate surface area is 173 Å². The number of piperazine rings is 1. The van der Waals surface area contributed by atoms with E-state index in [1.54, 1.807) is 13.2 Å². The molecular weight excluding hydrogens is 386 g/mol. The molecule has 2 saturated heterocycles. The van der Waals surface area contributed by atoms with E-state index in [0.717, 1.165) is 37.6 Å². The van der Waals surface area contributed by atoms with Gasteiger partial charge in [-0.25, -0.2) is 14.6 Å². The van der Waals surface area contributed by atoms with Gasteiger partial charge < -0.3 is 19.4 Å². The number of methoxy groups -OCH3 is 1. The van der Waals surface area contributed by atoms with E-state index >= 15 is 0 Å². The second kappa shape index (κ2) is 7.77. The monoisotopic (exact) mass is 409 g/mol. The van der Waals surface area contributed by atoms with Crippen molar-refractivity contribution in [3.63, 3.8) is 0 Å². The average molecular weight is 409 g/mol. The summed E-state index contributed by atoms with van der Waals surface area (Å²) in [5.74, 6) is 2.18. The second-order valence-corrected chi connectivity index (χ2v) is 7.46. The Bertz CT molecular complexity index is 1060. The molecule has 0 unspecified atom stereocenters. The predicted molar refractivity (Wildman–Crippen MR) is 110 cm³/mol. The highest BCUT2D eigenvalue weighted by molar-refractivity contribution is 5.97. The van der Waals surface area contributed by atoms with Gasteiger partial charge >= 0.3 is 0 Å². The number of carbonyl (C=O) groups is 1. The predicted octanol–water partition coefficient (Wildman–Crippen LogP) is 1.58. The Morgan fingerprint density at radius 3 is 2.13 bits per heavy atom. The number of para-hydroxylation sites is 1. The van der Waals surface area contributed by atoms with Gasteiger partial charge in [-0.2, -0.15) is 0 Å². The third kappa shape index (κ3) is 3.27. The lowest BCUT2D eigenvalue weighted by Gasteiger charge is -2.36. The molecule has 10 nitrogen and oxygen atoms in total. The van der Waals surface area contributed by atoms with Crippen molar-refractivity contribution in [2.75, 3.05) is 56.2 Å². The summed E-state index contributed by atoms with van der Waals surface area (Å²) in [5, 5.41) is 7.71. The summed E-state index contributed by atoms with van der Waals surface area (Å²) in [6.45, 7) is 4.40. The fourth-order valence-corrected chi connectivity index (χ4v) is 4.09. The molecule has 2 aromatic heterocycles. The fraction of sp³-hybridized carbons (Fsp3) is 0.450. The maximum atomic E-state index is 13.0. The van der Waals surface area contributed by atoms with Crippen LogP contribution < -0.4 is 14.5 Å². The quantitative estimate of drug-likeness (QED) is 0.636. The highest BCUT2D eigenvalue weighted by atomic mass is 16.6. The van der Waals surface area contributed by atoms with E-state index < -0.39 is 0 Å². The lowest BCUT2D eigenvalue weighted by molar-refractivity contribution is 0.0743. The minimum absolute atomic E-state index is 0.0193. The number of ether oxygens (including phenoxy) is 1. The van der Waals surface area contributed by atoms with Crippen molar-refractivity contribution in [2.45, 2.75) is 12.8 Å². The van der Waals surface area contributed by atoms with Crippen molar-refractivity contribution >= 4 is 28.8 Å². The number of fused-ring (bicyclic) bond motifs is 1. The van der Waals surface area contributed by atoms with Crippen molar-refractivity contribution in [3.8, 4) is 5.75 Å². The second-order valence-electron chi connectivity index (χ2n) is 7.46. The van der Waals surface area contributed by atoms with Gasteiger partial charge in [0.05, 0.1) is 12.7 Å². The zero-order chi connectivity index (χ0) is 20.5. The molecule has 156 valence electrons. The van der Waals surface area contributed by atoms with Gasteiger partial charge in [0.15, 0.2) is 11.6 Å². The molecule has 0 radical (unpaired) electrons. The van der Waals surface area contributed by atoms with E-state index in [2.05, 4.69) is 30.1 Å². The third-order valence-corrected chi connectivity index (χ3v) is 5.69. The number of nitrogens with zero attached hydrogens (tertiary/aromatic N) is 7. The molecule has 30 heavy (non-hydrogen) atoms. The van der Waals surface area contributed by atoms with Crippen LogP contribution in [0, 0.1) is 0 Å². The van der Waals surface area contributed by atoms with Crippen molar-refractivity contribution in [1.82, 2.24) is 25.2 Å².